The minimum absolute atomic E-state index is 0.0389. The van der Waals surface area contributed by atoms with Crippen molar-refractivity contribution in [3.63, 3.8) is 0 Å². The molecule has 3 atom stereocenters. The molecule has 0 heterocycles. The van der Waals surface area contributed by atoms with E-state index >= 15 is 0 Å². The monoisotopic (exact) mass is 271 g/mol. The molecule has 1 aliphatic rings. The highest BCUT2D eigenvalue weighted by molar-refractivity contribution is 5.70. The maximum Gasteiger partial charge on any atom is 0.306 e. The molecule has 20 heavy (non-hydrogen) atoms. The highest BCUT2D eigenvalue weighted by Crippen LogP contribution is 2.46. The summed E-state index contributed by atoms with van der Waals surface area (Å²) in [5.74, 6) is -0.996. The zero-order chi connectivity index (χ0) is 14.9. The van der Waals surface area contributed by atoms with Crippen LogP contribution in [-0.2, 0) is 10.3 Å². The molecule has 3 unspecified atom stereocenters. The van der Waals surface area contributed by atoms with Crippen molar-refractivity contribution in [3.05, 3.63) is 46.3 Å². The molecule has 1 N–H and O–H groups in total. The maximum atomic E-state index is 11.2. The molecule has 1 saturated carbocycles. The predicted octanol–water partition coefficient (Wildman–Crippen LogP) is 3.94. The van der Waals surface area contributed by atoms with Crippen LogP contribution < -0.4 is 0 Å². The molecule has 0 bridgehead atoms. The van der Waals surface area contributed by atoms with E-state index in [2.05, 4.69) is 30.8 Å². The van der Waals surface area contributed by atoms with E-state index in [1.54, 1.807) is 0 Å². The number of carbonyl (C=O) groups is 1. The van der Waals surface area contributed by atoms with Crippen LogP contribution in [0, 0.1) is 32.3 Å². The van der Waals surface area contributed by atoms with Crippen LogP contribution in [0.5, 0.6) is 0 Å². The summed E-state index contributed by atoms with van der Waals surface area (Å²) in [5, 5.41) is 9.23. The summed E-state index contributed by atoms with van der Waals surface area (Å²) in [6, 6.07) is 6.20. The van der Waals surface area contributed by atoms with Gasteiger partial charge in [0.15, 0.2) is 0 Å². The molecule has 0 aliphatic heterocycles. The Balaban J connectivity index is 2.35. The number of hydrogen-bond donors (Lipinski definition) is 1. The normalized spacial score (nSPS) is 29.7. The summed E-state index contributed by atoms with van der Waals surface area (Å²) in [5.41, 5.74) is 2.93. The largest absolute Gasteiger partial charge is 0.481 e. The first-order valence-corrected chi connectivity index (χ1v) is 7.09. The Labute approximate surface area is 120 Å². The van der Waals surface area contributed by atoms with Crippen molar-refractivity contribution in [1.29, 1.82) is 0 Å². The van der Waals surface area contributed by atoms with Gasteiger partial charge in [0.1, 0.15) is 0 Å². The van der Waals surface area contributed by atoms with Gasteiger partial charge in [0.25, 0.3) is 5.54 Å². The minimum Gasteiger partial charge on any atom is -0.481 e. The van der Waals surface area contributed by atoms with E-state index in [0.29, 0.717) is 19.3 Å². The van der Waals surface area contributed by atoms with Gasteiger partial charge >= 0.3 is 5.97 Å². The average Bonchev–Trinajstić information content (AvgIpc) is 2.41. The Bertz CT molecular complexity index is 573. The predicted molar refractivity (Wildman–Crippen MR) is 78.3 cm³/mol. The van der Waals surface area contributed by atoms with Crippen LogP contribution >= 0.6 is 0 Å². The van der Waals surface area contributed by atoms with Crippen molar-refractivity contribution in [3.8, 4) is 0 Å². The van der Waals surface area contributed by atoms with Gasteiger partial charge in [-0.05, 0) is 43.4 Å². The molecule has 3 nitrogen and oxygen atoms in total. The number of hydrogen-bond acceptors (Lipinski definition) is 1. The fourth-order valence-electron chi connectivity index (χ4n) is 3.28. The van der Waals surface area contributed by atoms with Crippen LogP contribution in [0.25, 0.3) is 4.85 Å². The lowest BCUT2D eigenvalue weighted by Gasteiger charge is -2.34. The smallest absolute Gasteiger partial charge is 0.306 e. The van der Waals surface area contributed by atoms with E-state index in [9.17, 15) is 9.90 Å². The Hall–Kier alpha value is -1.82. The standard InChI is InChI=1S/C17H21NO2/c1-11-5-6-14(9-12(11)2)17(18-4)8-7-15(16(19)20)13(3)10-17/h5-6,9,13,15H,7-8,10H2,1-3H3,(H,19,20). The summed E-state index contributed by atoms with van der Waals surface area (Å²) < 4.78 is 0. The van der Waals surface area contributed by atoms with E-state index < -0.39 is 11.5 Å². The number of carboxylic acids is 1. The zero-order valence-corrected chi connectivity index (χ0v) is 12.3. The van der Waals surface area contributed by atoms with Gasteiger partial charge in [-0.15, -0.1) is 0 Å². The quantitative estimate of drug-likeness (QED) is 0.828. The van der Waals surface area contributed by atoms with Crippen LogP contribution in [0.15, 0.2) is 18.2 Å². The first-order chi connectivity index (χ1) is 9.39. The first-order valence-electron chi connectivity index (χ1n) is 7.09. The second-order valence-electron chi connectivity index (χ2n) is 6.11. The highest BCUT2D eigenvalue weighted by atomic mass is 16.4. The molecule has 3 heteroatoms. The van der Waals surface area contributed by atoms with Crippen LogP contribution in [0.4, 0.5) is 0 Å². The number of rotatable bonds is 2. The second kappa shape index (κ2) is 5.28. The van der Waals surface area contributed by atoms with E-state index in [0.717, 1.165) is 5.56 Å². The third kappa shape index (κ3) is 2.43. The van der Waals surface area contributed by atoms with Crippen molar-refractivity contribution >= 4 is 5.97 Å². The molecule has 1 fully saturated rings. The fourth-order valence-corrected chi connectivity index (χ4v) is 3.28. The molecule has 1 aliphatic carbocycles. The molecule has 0 amide bonds. The molecule has 1 aromatic rings. The van der Waals surface area contributed by atoms with E-state index in [4.69, 9.17) is 6.57 Å². The summed E-state index contributed by atoms with van der Waals surface area (Å²) in [6.45, 7) is 13.7. The van der Waals surface area contributed by atoms with E-state index in [1.807, 2.05) is 13.0 Å². The van der Waals surface area contributed by atoms with Gasteiger partial charge in [0, 0.05) is 18.4 Å². The SMILES string of the molecule is [C-]#[N+]C1(c2ccc(C)c(C)c2)CCC(C(=O)O)C(C)C1. The average molecular weight is 271 g/mol. The minimum atomic E-state index is -0.726. The van der Waals surface area contributed by atoms with Crippen LogP contribution in [0.3, 0.4) is 0 Å². The second-order valence-corrected chi connectivity index (χ2v) is 6.11. The van der Waals surface area contributed by atoms with Gasteiger partial charge in [0.2, 0.25) is 0 Å². The molecule has 2 rings (SSSR count). The molecule has 0 aromatic heterocycles. The van der Waals surface area contributed by atoms with Gasteiger partial charge < -0.3 is 9.95 Å². The molecular formula is C17H21NO2. The number of aryl methyl sites for hydroxylation is 2. The lowest BCUT2D eigenvalue weighted by atomic mass is 9.68. The summed E-state index contributed by atoms with van der Waals surface area (Å²) in [4.78, 5) is 15.1. The van der Waals surface area contributed by atoms with Gasteiger partial charge in [-0.2, -0.15) is 0 Å². The van der Waals surface area contributed by atoms with Gasteiger partial charge in [-0.1, -0.05) is 19.1 Å². The number of nitrogens with zero attached hydrogens (tertiary/aromatic N) is 1. The summed E-state index contributed by atoms with van der Waals surface area (Å²) >= 11 is 0. The van der Waals surface area contributed by atoms with Gasteiger partial charge in [-0.3, -0.25) is 4.79 Å². The van der Waals surface area contributed by atoms with E-state index in [1.165, 1.54) is 11.1 Å². The van der Waals surface area contributed by atoms with Gasteiger partial charge in [0.05, 0.1) is 5.92 Å². The van der Waals surface area contributed by atoms with Crippen molar-refractivity contribution in [2.45, 2.75) is 45.6 Å². The van der Waals surface area contributed by atoms with Crippen molar-refractivity contribution in [1.82, 2.24) is 0 Å². The van der Waals surface area contributed by atoms with Crippen molar-refractivity contribution < 1.29 is 9.90 Å². The Morgan fingerprint density at radius 1 is 1.40 bits per heavy atom. The molecule has 1 aromatic carbocycles. The molecule has 0 saturated heterocycles. The third-order valence-electron chi connectivity index (χ3n) is 4.79. The number of carboxylic acid groups (broad SMARTS) is 1. The third-order valence-corrected chi connectivity index (χ3v) is 4.79. The van der Waals surface area contributed by atoms with Crippen LogP contribution in [-0.4, -0.2) is 11.1 Å². The fraction of sp³-hybridized carbons (Fsp3) is 0.529. The van der Waals surface area contributed by atoms with Crippen LogP contribution in [0.2, 0.25) is 0 Å². The Kier molecular flexibility index (Phi) is 3.85. The Morgan fingerprint density at radius 3 is 2.60 bits per heavy atom. The van der Waals surface area contributed by atoms with E-state index in [-0.39, 0.29) is 11.8 Å². The lowest BCUT2D eigenvalue weighted by molar-refractivity contribution is -0.145. The zero-order valence-electron chi connectivity index (χ0n) is 12.3. The molecule has 106 valence electrons. The van der Waals surface area contributed by atoms with Gasteiger partial charge in [-0.25, -0.2) is 6.57 Å². The summed E-state index contributed by atoms with van der Waals surface area (Å²) in [6.07, 6.45) is 1.86. The molecule has 0 spiro atoms. The molecular weight excluding hydrogens is 250 g/mol. The summed E-state index contributed by atoms with van der Waals surface area (Å²) in [7, 11) is 0. The van der Waals surface area contributed by atoms with Crippen LogP contribution in [0.1, 0.15) is 42.9 Å². The topological polar surface area (TPSA) is 41.7 Å². The Morgan fingerprint density at radius 2 is 2.10 bits per heavy atom. The number of benzene rings is 1. The van der Waals surface area contributed by atoms with Crippen molar-refractivity contribution in [2.75, 3.05) is 0 Å². The maximum absolute atomic E-state index is 11.2. The lowest BCUT2D eigenvalue weighted by Crippen LogP contribution is -2.37. The van der Waals surface area contributed by atoms with Crippen molar-refractivity contribution in [2.24, 2.45) is 11.8 Å². The molecule has 0 radical (unpaired) electrons. The number of aliphatic carboxylic acids is 1. The highest BCUT2D eigenvalue weighted by Gasteiger charge is 2.47. The first kappa shape index (κ1) is 14.6.